The minimum absolute atomic E-state index is 0.218. The Bertz CT molecular complexity index is 619. The molecule has 0 saturated carbocycles. The molecule has 0 aromatic carbocycles. The average molecular weight is 295 g/mol. The van der Waals surface area contributed by atoms with E-state index in [4.69, 9.17) is 15.6 Å². The number of nitrogen functional groups attached to an aromatic ring is 1. The van der Waals surface area contributed by atoms with Crippen molar-refractivity contribution in [3.63, 3.8) is 0 Å². The van der Waals surface area contributed by atoms with Gasteiger partial charge in [-0.05, 0) is 0 Å². The van der Waals surface area contributed by atoms with Gasteiger partial charge in [-0.3, -0.25) is 4.57 Å². The summed E-state index contributed by atoms with van der Waals surface area (Å²) in [5.41, 5.74) is 6.44. The molecule has 1 aliphatic rings. The van der Waals surface area contributed by atoms with E-state index in [2.05, 4.69) is 28.1 Å². The number of anilines is 1. The van der Waals surface area contributed by atoms with Gasteiger partial charge in [-0.25, -0.2) is 15.0 Å². The van der Waals surface area contributed by atoms with Crippen LogP contribution in [0.4, 0.5) is 5.82 Å². The molecular weight excluding hydrogens is 278 g/mol. The first-order valence-electron chi connectivity index (χ1n) is 6.19. The highest BCUT2D eigenvalue weighted by Gasteiger charge is 2.43. The van der Waals surface area contributed by atoms with Crippen LogP contribution in [0.3, 0.4) is 0 Å². The lowest BCUT2D eigenvalue weighted by Crippen LogP contribution is -2.33. The van der Waals surface area contributed by atoms with Crippen LogP contribution in [0.15, 0.2) is 25.8 Å². The van der Waals surface area contributed by atoms with E-state index in [1.54, 1.807) is 0 Å². The fourth-order valence-corrected chi connectivity index (χ4v) is 2.17. The highest BCUT2D eigenvalue weighted by atomic mass is 16.6. The maximum absolute atomic E-state index is 9.95. The van der Waals surface area contributed by atoms with Gasteiger partial charge in [-0.2, -0.15) is 0 Å². The van der Waals surface area contributed by atoms with Crippen molar-refractivity contribution in [1.29, 1.82) is 0 Å². The van der Waals surface area contributed by atoms with Crippen molar-refractivity contribution in [2.45, 2.75) is 24.5 Å². The second-order valence-corrected chi connectivity index (χ2v) is 4.31. The lowest BCUT2D eigenvalue weighted by molar-refractivity contribution is -0.0511. The number of imidazole rings is 1. The molecule has 0 amide bonds. The number of aliphatic hydroxyl groups excluding tert-OH is 3. The Morgan fingerprint density at radius 1 is 1.24 bits per heavy atom. The molecule has 9 nitrogen and oxygen atoms in total. The number of aromatic nitrogens is 4. The van der Waals surface area contributed by atoms with Gasteiger partial charge >= 0.3 is 0 Å². The summed E-state index contributed by atoms with van der Waals surface area (Å²) in [5, 5.41) is 28.7. The summed E-state index contributed by atoms with van der Waals surface area (Å²) in [6.07, 6.45) is -1.42. The Labute approximate surface area is 120 Å². The van der Waals surface area contributed by atoms with Crippen LogP contribution in [0.2, 0.25) is 0 Å². The van der Waals surface area contributed by atoms with Crippen molar-refractivity contribution in [2.24, 2.45) is 0 Å². The van der Waals surface area contributed by atoms with Crippen LogP contribution in [0.5, 0.6) is 0 Å². The van der Waals surface area contributed by atoms with Crippen molar-refractivity contribution in [2.75, 3.05) is 12.3 Å². The Balaban J connectivity index is 0.000000774. The number of ether oxygens (including phenoxy) is 1. The number of aliphatic hydroxyl groups is 3. The van der Waals surface area contributed by atoms with Gasteiger partial charge in [0.15, 0.2) is 17.7 Å². The number of hydrogen-bond donors (Lipinski definition) is 4. The lowest BCUT2D eigenvalue weighted by Gasteiger charge is -2.16. The number of rotatable bonds is 2. The van der Waals surface area contributed by atoms with E-state index >= 15 is 0 Å². The van der Waals surface area contributed by atoms with Crippen molar-refractivity contribution in [3.05, 3.63) is 25.8 Å². The molecule has 114 valence electrons. The summed E-state index contributed by atoms with van der Waals surface area (Å²) in [6.45, 7) is 5.61. The minimum atomic E-state index is -1.19. The zero-order chi connectivity index (χ0) is 15.6. The molecule has 4 atom stereocenters. The maximum atomic E-state index is 9.95. The van der Waals surface area contributed by atoms with Crippen LogP contribution in [0, 0.1) is 0 Å². The Hall–Kier alpha value is -2.07. The van der Waals surface area contributed by atoms with Crippen LogP contribution in [-0.4, -0.2) is 59.8 Å². The second-order valence-electron chi connectivity index (χ2n) is 4.31. The van der Waals surface area contributed by atoms with Crippen LogP contribution >= 0.6 is 0 Å². The molecule has 2 aromatic heterocycles. The van der Waals surface area contributed by atoms with Gasteiger partial charge in [0, 0.05) is 0 Å². The molecule has 5 N–H and O–H groups in total. The van der Waals surface area contributed by atoms with E-state index < -0.39 is 31.1 Å². The topological polar surface area (TPSA) is 140 Å². The van der Waals surface area contributed by atoms with Crippen molar-refractivity contribution in [1.82, 2.24) is 19.5 Å². The number of nitrogens with two attached hydrogens (primary N) is 1. The third kappa shape index (κ3) is 2.47. The van der Waals surface area contributed by atoms with Gasteiger partial charge in [-0.1, -0.05) is 0 Å². The molecule has 1 saturated heterocycles. The standard InChI is InChI=1S/C10H13N5O4.C2H4/c11-8-5-9(13-2-12-8)15(3-14-5)10-7(18)6(17)4(1-16)19-10;1-2/h2-4,6-7,10,16-18H,1H2,(H2,11,12,13);1-2H2/t4-,6-,7-,10-;/m1./s1. The fourth-order valence-electron chi connectivity index (χ4n) is 2.17. The van der Waals surface area contributed by atoms with Gasteiger partial charge < -0.3 is 25.8 Å². The summed E-state index contributed by atoms with van der Waals surface area (Å²) in [7, 11) is 0. The molecule has 2 aromatic rings. The first kappa shape index (κ1) is 15.3. The predicted octanol–water partition coefficient (Wildman–Crippen LogP) is -1.18. The first-order chi connectivity index (χ1) is 10.1. The highest BCUT2D eigenvalue weighted by Crippen LogP contribution is 2.31. The SMILES string of the molecule is C=C.Nc1ncnc2c1ncn2[C@@H]1O[C@H](CO)[C@@H](O)[C@H]1O. The predicted molar refractivity (Wildman–Crippen MR) is 74.0 cm³/mol. The average Bonchev–Trinajstić information content (AvgIpc) is 3.05. The van der Waals surface area contributed by atoms with E-state index in [-0.39, 0.29) is 5.82 Å². The first-order valence-corrected chi connectivity index (χ1v) is 6.19. The number of fused-ring (bicyclic) bond motifs is 1. The Morgan fingerprint density at radius 3 is 2.57 bits per heavy atom. The third-order valence-electron chi connectivity index (χ3n) is 3.18. The second kappa shape index (κ2) is 6.14. The molecule has 3 heterocycles. The number of hydrogen-bond acceptors (Lipinski definition) is 8. The molecule has 3 rings (SSSR count). The molecular formula is C12H17N5O4. The Morgan fingerprint density at radius 2 is 1.95 bits per heavy atom. The summed E-state index contributed by atoms with van der Waals surface area (Å²) >= 11 is 0. The molecule has 0 aliphatic carbocycles. The van der Waals surface area contributed by atoms with E-state index in [0.29, 0.717) is 11.2 Å². The normalized spacial score (nSPS) is 28.3. The van der Waals surface area contributed by atoms with Crippen LogP contribution in [0.1, 0.15) is 6.23 Å². The van der Waals surface area contributed by atoms with Crippen LogP contribution in [0.25, 0.3) is 11.2 Å². The molecule has 0 unspecified atom stereocenters. The van der Waals surface area contributed by atoms with Crippen molar-refractivity contribution >= 4 is 17.0 Å². The smallest absolute Gasteiger partial charge is 0.167 e. The van der Waals surface area contributed by atoms with Gasteiger partial charge in [0.2, 0.25) is 0 Å². The molecule has 21 heavy (non-hydrogen) atoms. The van der Waals surface area contributed by atoms with Gasteiger partial charge in [0.1, 0.15) is 30.2 Å². The number of nitrogens with zero attached hydrogens (tertiary/aromatic N) is 4. The third-order valence-corrected chi connectivity index (χ3v) is 3.18. The lowest BCUT2D eigenvalue weighted by atomic mass is 10.1. The van der Waals surface area contributed by atoms with Gasteiger partial charge in [0.25, 0.3) is 0 Å². The monoisotopic (exact) mass is 295 g/mol. The summed E-state index contributed by atoms with van der Waals surface area (Å²) < 4.78 is 6.85. The van der Waals surface area contributed by atoms with Crippen LogP contribution < -0.4 is 5.73 Å². The zero-order valence-corrected chi connectivity index (χ0v) is 11.2. The van der Waals surface area contributed by atoms with E-state index in [1.165, 1.54) is 17.2 Å². The van der Waals surface area contributed by atoms with E-state index in [1.807, 2.05) is 0 Å². The maximum Gasteiger partial charge on any atom is 0.167 e. The fraction of sp³-hybridized carbons (Fsp3) is 0.417. The largest absolute Gasteiger partial charge is 0.394 e. The quantitative estimate of drug-likeness (QED) is 0.508. The Kier molecular flexibility index (Phi) is 4.48. The summed E-state index contributed by atoms with van der Waals surface area (Å²) in [5.74, 6) is 0.218. The molecule has 0 spiro atoms. The molecule has 0 radical (unpaired) electrons. The van der Waals surface area contributed by atoms with E-state index in [0.717, 1.165) is 0 Å². The highest BCUT2D eigenvalue weighted by molar-refractivity contribution is 5.81. The summed E-state index contributed by atoms with van der Waals surface area (Å²) in [4.78, 5) is 11.9. The summed E-state index contributed by atoms with van der Waals surface area (Å²) in [6, 6.07) is 0. The van der Waals surface area contributed by atoms with Crippen molar-refractivity contribution < 1.29 is 20.1 Å². The molecule has 1 aliphatic heterocycles. The molecule has 0 bridgehead atoms. The zero-order valence-electron chi connectivity index (χ0n) is 11.2. The molecule has 9 heteroatoms. The molecule has 1 fully saturated rings. The van der Waals surface area contributed by atoms with Crippen molar-refractivity contribution in [3.8, 4) is 0 Å². The van der Waals surface area contributed by atoms with Crippen LogP contribution in [-0.2, 0) is 4.74 Å². The van der Waals surface area contributed by atoms with E-state index in [9.17, 15) is 10.2 Å². The van der Waals surface area contributed by atoms with Gasteiger partial charge in [-0.15, -0.1) is 13.2 Å². The van der Waals surface area contributed by atoms with Gasteiger partial charge in [0.05, 0.1) is 12.9 Å². The minimum Gasteiger partial charge on any atom is -0.394 e.